The van der Waals surface area contributed by atoms with Gasteiger partial charge in [0.25, 0.3) is 0 Å². The van der Waals surface area contributed by atoms with Crippen LogP contribution in [0.25, 0.3) is 5.57 Å². The zero-order valence-electron chi connectivity index (χ0n) is 35.9. The zero-order chi connectivity index (χ0) is 40.8. The van der Waals surface area contributed by atoms with Gasteiger partial charge in [-0.25, -0.2) is 0 Å². The summed E-state index contributed by atoms with van der Waals surface area (Å²) in [4.78, 5) is 5.71. The van der Waals surface area contributed by atoms with Crippen molar-refractivity contribution in [3.05, 3.63) is 220 Å². The Labute approximate surface area is 368 Å². The van der Waals surface area contributed by atoms with Crippen LogP contribution in [0.3, 0.4) is 0 Å². The van der Waals surface area contributed by atoms with Crippen molar-refractivity contribution in [1.82, 2.24) is 9.80 Å². The molecule has 0 radical (unpaired) electrons. The number of allylic oxidation sites excluding steroid dienone is 25. The third-order valence-electron chi connectivity index (χ3n) is 16.7. The van der Waals surface area contributed by atoms with Crippen LogP contribution in [-0.4, -0.2) is 34.0 Å². The molecular formula is C59H58N2O. The number of hydrogen-bond acceptors (Lipinski definition) is 3. The van der Waals surface area contributed by atoms with E-state index in [1.165, 1.54) is 64.3 Å². The molecule has 10 unspecified atom stereocenters. The van der Waals surface area contributed by atoms with Gasteiger partial charge in [-0.15, -0.1) is 0 Å². The van der Waals surface area contributed by atoms with E-state index >= 15 is 0 Å². The fourth-order valence-corrected chi connectivity index (χ4v) is 14.4. The fraction of sp³-hybridized carbons (Fsp3) is 0.356. The van der Waals surface area contributed by atoms with Crippen molar-refractivity contribution < 1.29 is 4.74 Å². The van der Waals surface area contributed by atoms with Crippen molar-refractivity contribution in [1.29, 1.82) is 0 Å². The molecule has 0 bridgehead atoms. The molecular weight excluding hydrogens is 753 g/mol. The second-order valence-corrected chi connectivity index (χ2v) is 19.6. The van der Waals surface area contributed by atoms with Gasteiger partial charge in [0, 0.05) is 64.0 Å². The van der Waals surface area contributed by atoms with Crippen molar-refractivity contribution in [2.45, 2.75) is 100 Å². The van der Waals surface area contributed by atoms with Gasteiger partial charge in [0.15, 0.2) is 0 Å². The Morgan fingerprint density at radius 1 is 0.661 bits per heavy atom. The van der Waals surface area contributed by atoms with E-state index in [1.807, 2.05) is 0 Å². The maximum Gasteiger partial charge on any atom is 0.124 e. The maximum absolute atomic E-state index is 6.66. The molecule has 0 aromatic heterocycles. The highest BCUT2D eigenvalue weighted by molar-refractivity contribution is 5.88. The smallest absolute Gasteiger partial charge is 0.124 e. The normalized spacial score (nSPS) is 36.1. The first kappa shape index (κ1) is 37.1. The summed E-state index contributed by atoms with van der Waals surface area (Å²) in [6, 6.07) is 10.5. The van der Waals surface area contributed by atoms with Crippen LogP contribution in [-0.2, 0) is 10.2 Å². The molecule has 11 aliphatic carbocycles. The largest absolute Gasteiger partial charge is 0.489 e. The number of nitrogens with zero attached hydrogens (tertiary/aromatic N) is 2. The predicted molar refractivity (Wildman–Crippen MR) is 253 cm³/mol. The summed E-state index contributed by atoms with van der Waals surface area (Å²) in [6.45, 7) is 0. The van der Waals surface area contributed by atoms with E-state index < -0.39 is 0 Å². The molecule has 1 fully saturated rings. The quantitative estimate of drug-likeness (QED) is 0.266. The second kappa shape index (κ2) is 14.8. The van der Waals surface area contributed by atoms with Crippen LogP contribution < -0.4 is 0 Å². The predicted octanol–water partition coefficient (Wildman–Crippen LogP) is 13.1. The number of hydrogen-bond donors (Lipinski definition) is 0. The van der Waals surface area contributed by atoms with Gasteiger partial charge in [-0.1, -0.05) is 146 Å². The van der Waals surface area contributed by atoms with Gasteiger partial charge in [-0.2, -0.15) is 0 Å². The molecule has 62 heavy (non-hydrogen) atoms. The Morgan fingerprint density at radius 2 is 1.58 bits per heavy atom. The lowest BCUT2D eigenvalue weighted by Gasteiger charge is -2.48. The summed E-state index contributed by atoms with van der Waals surface area (Å²) in [5.41, 5.74) is 14.7. The third-order valence-corrected chi connectivity index (χ3v) is 16.7. The van der Waals surface area contributed by atoms with E-state index in [0.29, 0.717) is 41.7 Å². The average Bonchev–Trinajstić information content (AvgIpc) is 3.97. The minimum Gasteiger partial charge on any atom is -0.489 e. The topological polar surface area (TPSA) is 15.7 Å². The molecule has 1 aromatic rings. The van der Waals surface area contributed by atoms with E-state index in [4.69, 9.17) is 4.74 Å². The summed E-state index contributed by atoms with van der Waals surface area (Å²) >= 11 is 0. The molecule has 10 atom stereocenters. The molecule has 1 aromatic carbocycles. The minimum absolute atomic E-state index is 0.152. The standard InChI is InChI=1S/C59H58N2O/c1-3-19-40(20-4-1)60(54-30-15-18-39-17-7-8-23-44(39)54)43-33-35-46-45-24-9-12-27-50(45)59(53(46)38-43)51-28-13-10-26-48(51)58-52(59)29-16-31-55(58)61(41-21-5-2-6-22-41)42-34-36-57-49(37-42)47-25-11-14-32-56(47)62-57/h1,3,5,7-13,15-17,19,21,23-31,33,35,37,39,41-43,48,51-52,57-58H,2,4,6,14,18,20,22,32,34,36,38H2. The van der Waals surface area contributed by atoms with Gasteiger partial charge >= 0.3 is 0 Å². The molecule has 1 spiro atoms. The molecule has 0 amide bonds. The molecule has 1 saturated carbocycles. The molecule has 3 nitrogen and oxygen atoms in total. The molecule has 0 saturated heterocycles. The number of rotatable bonds is 6. The highest BCUT2D eigenvalue weighted by Crippen LogP contribution is 2.69. The van der Waals surface area contributed by atoms with Gasteiger partial charge in [0.05, 0.1) is 6.04 Å². The van der Waals surface area contributed by atoms with Crippen LogP contribution in [0.15, 0.2) is 209 Å². The molecule has 1 heterocycles. The number of ether oxygens (including phenoxy) is 1. The minimum atomic E-state index is -0.152. The first-order chi connectivity index (χ1) is 30.8. The molecule has 3 heteroatoms. The first-order valence-corrected chi connectivity index (χ1v) is 24.2. The fourth-order valence-electron chi connectivity index (χ4n) is 14.4. The summed E-state index contributed by atoms with van der Waals surface area (Å²) in [5.74, 6) is 3.10. The van der Waals surface area contributed by atoms with Crippen LogP contribution in [0.4, 0.5) is 0 Å². The lowest BCUT2D eigenvalue weighted by atomic mass is 9.61. The SMILES string of the molecule is C1=CCCC(N(C2=C3C=CC=CC3CC=C2)C2C=CC3=C(C2)C2(c4ccccc43)C3C=CC=CC3C3C(N(C4C=CCCC4)C4C=C5C6=C(CCC=C6)OC5CC4)=CC=CC32)=C1. The van der Waals surface area contributed by atoms with Crippen LogP contribution in [0.2, 0.25) is 0 Å². The molecule has 310 valence electrons. The van der Waals surface area contributed by atoms with Crippen LogP contribution >= 0.6 is 0 Å². The van der Waals surface area contributed by atoms with Crippen molar-refractivity contribution >= 4 is 5.57 Å². The van der Waals surface area contributed by atoms with Gasteiger partial charge in [0.1, 0.15) is 11.9 Å². The third kappa shape index (κ3) is 5.48. The van der Waals surface area contributed by atoms with Gasteiger partial charge < -0.3 is 14.5 Å². The van der Waals surface area contributed by atoms with E-state index in [-0.39, 0.29) is 17.6 Å². The highest BCUT2D eigenvalue weighted by Gasteiger charge is 2.65. The Kier molecular flexibility index (Phi) is 8.84. The van der Waals surface area contributed by atoms with Gasteiger partial charge in [-0.3, -0.25) is 0 Å². The Bertz CT molecular complexity index is 2610. The molecule has 1 aliphatic heterocycles. The average molecular weight is 811 g/mol. The lowest BCUT2D eigenvalue weighted by Crippen LogP contribution is -2.47. The Hall–Kier alpha value is -5.54. The van der Waals surface area contributed by atoms with Gasteiger partial charge in [0.2, 0.25) is 0 Å². The van der Waals surface area contributed by atoms with Crippen LogP contribution in [0, 0.1) is 29.6 Å². The first-order valence-electron chi connectivity index (χ1n) is 24.2. The number of benzene rings is 1. The van der Waals surface area contributed by atoms with Crippen LogP contribution in [0.5, 0.6) is 0 Å². The summed E-state index contributed by atoms with van der Waals surface area (Å²) in [5, 5.41) is 0. The Morgan fingerprint density at radius 3 is 2.52 bits per heavy atom. The molecule has 13 rings (SSSR count). The Balaban J connectivity index is 0.942. The lowest BCUT2D eigenvalue weighted by molar-refractivity contribution is 0.117. The highest BCUT2D eigenvalue weighted by atomic mass is 16.5. The zero-order valence-corrected chi connectivity index (χ0v) is 35.9. The van der Waals surface area contributed by atoms with Gasteiger partial charge in [-0.05, 0) is 128 Å². The second-order valence-electron chi connectivity index (χ2n) is 19.6. The van der Waals surface area contributed by atoms with E-state index in [9.17, 15) is 0 Å². The van der Waals surface area contributed by atoms with E-state index in [2.05, 4.69) is 174 Å². The van der Waals surface area contributed by atoms with Crippen molar-refractivity contribution in [2.24, 2.45) is 29.6 Å². The van der Waals surface area contributed by atoms with Crippen molar-refractivity contribution in [2.75, 3.05) is 0 Å². The summed E-state index contributed by atoms with van der Waals surface area (Å²) in [6.07, 6.45) is 68.9. The molecule has 0 N–H and O–H groups in total. The maximum atomic E-state index is 6.66. The summed E-state index contributed by atoms with van der Waals surface area (Å²) in [7, 11) is 0. The summed E-state index contributed by atoms with van der Waals surface area (Å²) < 4.78 is 6.66. The van der Waals surface area contributed by atoms with E-state index in [0.717, 1.165) is 51.4 Å². The monoisotopic (exact) mass is 810 g/mol. The van der Waals surface area contributed by atoms with Crippen molar-refractivity contribution in [3.8, 4) is 0 Å². The molecule has 12 aliphatic rings. The van der Waals surface area contributed by atoms with E-state index in [1.54, 1.807) is 16.8 Å². The van der Waals surface area contributed by atoms with Crippen LogP contribution in [0.1, 0.15) is 81.8 Å². The van der Waals surface area contributed by atoms with Crippen molar-refractivity contribution in [3.63, 3.8) is 0 Å². The number of fused-ring (bicyclic) bond motifs is 12.